The van der Waals surface area contributed by atoms with Crippen LogP contribution in [-0.2, 0) is 19.6 Å². The van der Waals surface area contributed by atoms with Gasteiger partial charge in [0, 0.05) is 42.9 Å². The third-order valence-electron chi connectivity index (χ3n) is 4.34. The number of urea groups is 1. The molecule has 2 heterocycles. The predicted octanol–water partition coefficient (Wildman–Crippen LogP) is 4.10. The number of carbonyl (C=O) groups is 1. The molecule has 0 atom stereocenters. The molecule has 0 unspecified atom stereocenters. The molecule has 0 radical (unpaired) electrons. The molecule has 3 aromatic rings. The highest BCUT2D eigenvalue weighted by molar-refractivity contribution is 6.31. The number of aromatic nitrogens is 3. The molecule has 28 heavy (non-hydrogen) atoms. The topological polar surface area (TPSA) is 63.1 Å². The minimum absolute atomic E-state index is 0.113. The van der Waals surface area contributed by atoms with Gasteiger partial charge in [-0.15, -0.1) is 0 Å². The number of benzene rings is 1. The fourth-order valence-electron chi connectivity index (χ4n) is 2.87. The first-order valence-electron chi connectivity index (χ1n) is 9.32. The molecule has 146 valence electrons. The van der Waals surface area contributed by atoms with Gasteiger partial charge in [-0.2, -0.15) is 0 Å². The highest BCUT2D eigenvalue weighted by atomic mass is 35.5. The minimum atomic E-state index is -0.113. The van der Waals surface area contributed by atoms with Crippen molar-refractivity contribution in [3.8, 4) is 0 Å². The Hall–Kier alpha value is -2.86. The second-order valence-corrected chi connectivity index (χ2v) is 6.92. The van der Waals surface area contributed by atoms with E-state index in [1.54, 1.807) is 23.5 Å². The maximum Gasteiger partial charge on any atom is 0.318 e. The summed E-state index contributed by atoms with van der Waals surface area (Å²) in [6.45, 7) is 4.12. The van der Waals surface area contributed by atoms with Gasteiger partial charge in [-0.25, -0.2) is 9.78 Å². The minimum Gasteiger partial charge on any atom is -0.338 e. The number of nitrogens with zero attached hydrogens (tertiary/aromatic N) is 4. The molecular formula is C21H24ClN5O. The highest BCUT2D eigenvalue weighted by Gasteiger charge is 2.17. The van der Waals surface area contributed by atoms with Crippen molar-refractivity contribution < 1.29 is 4.79 Å². The molecule has 1 aromatic carbocycles. The lowest BCUT2D eigenvalue weighted by Gasteiger charge is -2.23. The van der Waals surface area contributed by atoms with Gasteiger partial charge in [-0.1, -0.05) is 42.8 Å². The van der Waals surface area contributed by atoms with Gasteiger partial charge in [0.25, 0.3) is 0 Å². The molecule has 0 aliphatic carbocycles. The van der Waals surface area contributed by atoms with Crippen molar-refractivity contribution in [2.75, 3.05) is 6.54 Å². The van der Waals surface area contributed by atoms with E-state index in [2.05, 4.69) is 15.3 Å². The fraction of sp³-hybridized carbons (Fsp3) is 0.286. The van der Waals surface area contributed by atoms with Gasteiger partial charge < -0.3 is 14.8 Å². The Bertz CT molecular complexity index is 897. The van der Waals surface area contributed by atoms with E-state index in [1.165, 1.54) is 0 Å². The molecule has 0 aliphatic heterocycles. The molecule has 3 rings (SSSR count). The fourth-order valence-corrected chi connectivity index (χ4v) is 3.07. The molecule has 0 aliphatic rings. The zero-order chi connectivity index (χ0) is 19.8. The number of hydrogen-bond donors (Lipinski definition) is 1. The standard InChI is InChI=1S/C21H24ClN5O/c1-2-9-25-21(28)27(14-17-6-5-10-23-13-17)16-20-24-11-12-26(20)15-18-7-3-4-8-19(18)22/h3-8,10-13H,2,9,14-16H2,1H3,(H,25,28). The number of imidazole rings is 1. The molecule has 0 bridgehead atoms. The second-order valence-electron chi connectivity index (χ2n) is 6.51. The van der Waals surface area contributed by atoms with Gasteiger partial charge in [0.15, 0.2) is 0 Å². The quantitative estimate of drug-likeness (QED) is 0.622. The van der Waals surface area contributed by atoms with Crippen LogP contribution in [0.5, 0.6) is 0 Å². The van der Waals surface area contributed by atoms with Crippen LogP contribution in [0.4, 0.5) is 4.79 Å². The van der Waals surface area contributed by atoms with Crippen LogP contribution in [0.3, 0.4) is 0 Å². The first kappa shape index (κ1) is 19.9. The predicted molar refractivity (Wildman–Crippen MR) is 110 cm³/mol. The highest BCUT2D eigenvalue weighted by Crippen LogP contribution is 2.17. The zero-order valence-electron chi connectivity index (χ0n) is 15.9. The van der Waals surface area contributed by atoms with E-state index < -0.39 is 0 Å². The van der Waals surface area contributed by atoms with Crippen molar-refractivity contribution >= 4 is 17.6 Å². The molecule has 6 nitrogen and oxygen atoms in total. The average Bonchev–Trinajstić information content (AvgIpc) is 3.15. The Morgan fingerprint density at radius 3 is 2.79 bits per heavy atom. The van der Waals surface area contributed by atoms with Crippen LogP contribution in [0.25, 0.3) is 0 Å². The van der Waals surface area contributed by atoms with Crippen molar-refractivity contribution in [2.45, 2.75) is 33.0 Å². The molecular weight excluding hydrogens is 374 g/mol. The molecule has 0 saturated heterocycles. The summed E-state index contributed by atoms with van der Waals surface area (Å²) in [6.07, 6.45) is 8.04. The maximum absolute atomic E-state index is 12.7. The first-order valence-corrected chi connectivity index (χ1v) is 9.70. The largest absolute Gasteiger partial charge is 0.338 e. The molecule has 1 N–H and O–H groups in total. The summed E-state index contributed by atoms with van der Waals surface area (Å²) < 4.78 is 2.02. The summed E-state index contributed by atoms with van der Waals surface area (Å²) in [5.41, 5.74) is 1.98. The molecule has 2 amide bonds. The lowest BCUT2D eigenvalue weighted by molar-refractivity contribution is 0.190. The molecule has 0 spiro atoms. The van der Waals surface area contributed by atoms with Crippen LogP contribution >= 0.6 is 11.6 Å². The van der Waals surface area contributed by atoms with E-state index in [9.17, 15) is 4.79 Å². The number of carbonyl (C=O) groups excluding carboxylic acids is 1. The molecule has 2 aromatic heterocycles. The van der Waals surface area contributed by atoms with Gasteiger partial charge in [0.1, 0.15) is 5.82 Å². The number of hydrogen-bond acceptors (Lipinski definition) is 3. The van der Waals surface area contributed by atoms with E-state index in [-0.39, 0.29) is 6.03 Å². The van der Waals surface area contributed by atoms with Crippen LogP contribution in [0.2, 0.25) is 5.02 Å². The maximum atomic E-state index is 12.7. The van der Waals surface area contributed by atoms with E-state index in [1.807, 2.05) is 54.1 Å². The Labute approximate surface area is 170 Å². The third kappa shape index (κ3) is 5.33. The first-order chi connectivity index (χ1) is 13.7. The average molecular weight is 398 g/mol. The molecule has 7 heteroatoms. The van der Waals surface area contributed by atoms with Crippen molar-refractivity contribution in [1.29, 1.82) is 0 Å². The van der Waals surface area contributed by atoms with Crippen LogP contribution in [0.15, 0.2) is 61.2 Å². The number of rotatable bonds is 8. The number of halogens is 1. The van der Waals surface area contributed by atoms with Crippen LogP contribution < -0.4 is 5.32 Å². The SMILES string of the molecule is CCCNC(=O)N(Cc1cccnc1)Cc1nccn1Cc1ccccc1Cl. The number of amides is 2. The zero-order valence-corrected chi connectivity index (χ0v) is 16.6. The van der Waals surface area contributed by atoms with Crippen molar-refractivity contribution in [1.82, 2.24) is 24.8 Å². The van der Waals surface area contributed by atoms with Crippen molar-refractivity contribution in [3.05, 3.63) is 83.2 Å². The van der Waals surface area contributed by atoms with Crippen LogP contribution in [0, 0.1) is 0 Å². The van der Waals surface area contributed by atoms with E-state index in [0.29, 0.717) is 26.2 Å². The molecule has 0 fully saturated rings. The smallest absolute Gasteiger partial charge is 0.318 e. The summed E-state index contributed by atoms with van der Waals surface area (Å²) in [4.78, 5) is 23.1. The van der Waals surface area contributed by atoms with Gasteiger partial charge in [-0.05, 0) is 29.7 Å². The summed E-state index contributed by atoms with van der Waals surface area (Å²) in [5, 5.41) is 3.67. The van der Waals surface area contributed by atoms with Gasteiger partial charge in [0.05, 0.1) is 13.1 Å². The Balaban J connectivity index is 1.78. The third-order valence-corrected chi connectivity index (χ3v) is 4.71. The molecule has 0 saturated carbocycles. The lowest BCUT2D eigenvalue weighted by atomic mass is 10.2. The second kappa shape index (κ2) is 9.90. The van der Waals surface area contributed by atoms with Crippen LogP contribution in [-0.4, -0.2) is 32.0 Å². The summed E-state index contributed by atoms with van der Waals surface area (Å²) in [7, 11) is 0. The van der Waals surface area contributed by atoms with Gasteiger partial charge in [-0.3, -0.25) is 4.98 Å². The summed E-state index contributed by atoms with van der Waals surface area (Å²) >= 11 is 6.30. The van der Waals surface area contributed by atoms with Crippen molar-refractivity contribution in [2.24, 2.45) is 0 Å². The number of nitrogens with one attached hydrogen (secondary N) is 1. The summed E-state index contributed by atoms with van der Waals surface area (Å²) in [5.74, 6) is 0.801. The van der Waals surface area contributed by atoms with Gasteiger partial charge in [0.2, 0.25) is 0 Å². The summed E-state index contributed by atoms with van der Waals surface area (Å²) in [6, 6.07) is 11.5. The Morgan fingerprint density at radius 2 is 2.04 bits per heavy atom. The Kier molecular flexibility index (Phi) is 7.03. The van der Waals surface area contributed by atoms with E-state index >= 15 is 0 Å². The van der Waals surface area contributed by atoms with E-state index in [4.69, 9.17) is 11.6 Å². The van der Waals surface area contributed by atoms with Crippen LogP contribution in [0.1, 0.15) is 30.3 Å². The monoisotopic (exact) mass is 397 g/mol. The Morgan fingerprint density at radius 1 is 1.18 bits per heavy atom. The van der Waals surface area contributed by atoms with Crippen molar-refractivity contribution in [3.63, 3.8) is 0 Å². The van der Waals surface area contributed by atoms with E-state index in [0.717, 1.165) is 28.4 Å². The normalized spacial score (nSPS) is 10.6. The lowest BCUT2D eigenvalue weighted by Crippen LogP contribution is -2.40. The number of pyridine rings is 1. The van der Waals surface area contributed by atoms with Gasteiger partial charge >= 0.3 is 6.03 Å².